The van der Waals surface area contributed by atoms with Gasteiger partial charge in [0.25, 0.3) is 0 Å². The fourth-order valence-electron chi connectivity index (χ4n) is 3.52. The van der Waals surface area contributed by atoms with Crippen LogP contribution in [0.3, 0.4) is 0 Å². The van der Waals surface area contributed by atoms with Crippen LogP contribution < -0.4 is 10.2 Å². The highest BCUT2D eigenvalue weighted by Crippen LogP contribution is 2.31. The number of anilines is 1. The topological polar surface area (TPSA) is 112 Å². The van der Waals surface area contributed by atoms with Crippen LogP contribution in [-0.2, 0) is 19.4 Å². The van der Waals surface area contributed by atoms with E-state index in [9.17, 15) is 22.4 Å². The molecular formula is C16H17FN4O4S. The number of nitrogens with zero attached hydrogens (tertiary/aromatic N) is 2. The Bertz CT molecular complexity index is 1000. The van der Waals surface area contributed by atoms with E-state index in [1.54, 1.807) is 6.07 Å². The van der Waals surface area contributed by atoms with Gasteiger partial charge in [0.05, 0.1) is 28.3 Å². The van der Waals surface area contributed by atoms with E-state index in [2.05, 4.69) is 15.5 Å². The molecule has 2 atom stereocenters. The van der Waals surface area contributed by atoms with Crippen LogP contribution in [0.15, 0.2) is 18.2 Å². The van der Waals surface area contributed by atoms with Crippen LogP contribution in [-0.4, -0.2) is 54.5 Å². The minimum Gasteiger partial charge on any atom is -0.352 e. The average molecular weight is 380 g/mol. The second-order valence-electron chi connectivity index (χ2n) is 6.72. The van der Waals surface area contributed by atoms with Crippen molar-refractivity contribution < 1.29 is 22.4 Å². The molecule has 3 heterocycles. The Hall–Kier alpha value is -2.49. The molecule has 10 heteroatoms. The van der Waals surface area contributed by atoms with E-state index in [0.29, 0.717) is 11.9 Å². The van der Waals surface area contributed by atoms with Crippen molar-refractivity contribution in [3.05, 3.63) is 24.0 Å². The highest BCUT2D eigenvalue weighted by molar-refractivity contribution is 7.91. The van der Waals surface area contributed by atoms with Crippen LogP contribution >= 0.6 is 0 Å². The molecule has 0 bridgehead atoms. The van der Waals surface area contributed by atoms with Gasteiger partial charge in [0, 0.05) is 19.0 Å². The van der Waals surface area contributed by atoms with Crippen LogP contribution in [0.1, 0.15) is 12.8 Å². The molecule has 1 aromatic heterocycles. The molecule has 0 radical (unpaired) electrons. The number of carbonyl (C=O) groups excluding carboxylic acids is 2. The van der Waals surface area contributed by atoms with Crippen LogP contribution in [0.25, 0.3) is 10.9 Å². The Kier molecular flexibility index (Phi) is 3.94. The number of H-pyrrole nitrogens is 1. The van der Waals surface area contributed by atoms with E-state index in [-0.39, 0.29) is 47.5 Å². The Morgan fingerprint density at radius 3 is 2.92 bits per heavy atom. The van der Waals surface area contributed by atoms with Crippen molar-refractivity contribution >= 4 is 38.4 Å². The molecule has 2 aliphatic rings. The summed E-state index contributed by atoms with van der Waals surface area (Å²) in [4.78, 5) is 26.1. The normalized spacial score (nSPS) is 25.1. The quantitative estimate of drug-likeness (QED) is 0.798. The van der Waals surface area contributed by atoms with Crippen LogP contribution in [0.5, 0.6) is 0 Å². The van der Waals surface area contributed by atoms with Gasteiger partial charge in [-0.3, -0.25) is 19.6 Å². The first kappa shape index (κ1) is 17.0. The molecule has 0 saturated carbocycles. The van der Waals surface area contributed by atoms with Crippen LogP contribution in [0.4, 0.5) is 10.2 Å². The Labute approximate surface area is 148 Å². The Morgan fingerprint density at radius 2 is 2.19 bits per heavy atom. The van der Waals surface area contributed by atoms with E-state index < -0.39 is 27.6 Å². The summed E-state index contributed by atoms with van der Waals surface area (Å²) >= 11 is 0. The molecule has 0 unspecified atom stereocenters. The van der Waals surface area contributed by atoms with Crippen LogP contribution in [0, 0.1) is 11.7 Å². The lowest BCUT2D eigenvalue weighted by atomic mass is 10.1. The molecule has 2 aromatic rings. The summed E-state index contributed by atoms with van der Waals surface area (Å²) in [6, 6.07) is 4.06. The zero-order valence-electron chi connectivity index (χ0n) is 13.7. The van der Waals surface area contributed by atoms with Gasteiger partial charge in [0.15, 0.2) is 15.7 Å². The molecule has 2 amide bonds. The van der Waals surface area contributed by atoms with Crippen molar-refractivity contribution in [1.82, 2.24) is 15.5 Å². The van der Waals surface area contributed by atoms with Gasteiger partial charge in [-0.05, 0) is 18.6 Å². The lowest BCUT2D eigenvalue weighted by Crippen LogP contribution is -2.40. The molecule has 0 spiro atoms. The van der Waals surface area contributed by atoms with Crippen molar-refractivity contribution in [1.29, 1.82) is 0 Å². The lowest BCUT2D eigenvalue weighted by molar-refractivity contribution is -0.126. The lowest BCUT2D eigenvalue weighted by Gasteiger charge is -2.16. The van der Waals surface area contributed by atoms with Gasteiger partial charge in [-0.25, -0.2) is 12.8 Å². The number of aromatic nitrogens is 2. The Balaban J connectivity index is 1.51. The minimum absolute atomic E-state index is 0.0197. The molecule has 26 heavy (non-hydrogen) atoms. The third-order valence-corrected chi connectivity index (χ3v) is 6.62. The number of aromatic amines is 1. The smallest absolute Gasteiger partial charge is 0.229 e. The van der Waals surface area contributed by atoms with E-state index in [1.807, 2.05) is 0 Å². The second-order valence-corrected chi connectivity index (χ2v) is 8.95. The van der Waals surface area contributed by atoms with Gasteiger partial charge in [-0.1, -0.05) is 6.07 Å². The monoisotopic (exact) mass is 380 g/mol. The average Bonchev–Trinajstić information content (AvgIpc) is 3.25. The molecule has 2 saturated heterocycles. The first-order valence-corrected chi connectivity index (χ1v) is 10.1. The van der Waals surface area contributed by atoms with Crippen molar-refractivity contribution in [2.45, 2.75) is 18.9 Å². The largest absolute Gasteiger partial charge is 0.352 e. The molecule has 2 aliphatic heterocycles. The highest BCUT2D eigenvalue weighted by Gasteiger charge is 2.39. The second kappa shape index (κ2) is 6.04. The third-order valence-electron chi connectivity index (χ3n) is 4.85. The molecule has 2 fully saturated rings. The number of amides is 2. The first-order chi connectivity index (χ1) is 12.3. The van der Waals surface area contributed by atoms with Gasteiger partial charge in [0.1, 0.15) is 5.82 Å². The number of benzene rings is 1. The molecule has 8 nitrogen and oxygen atoms in total. The van der Waals surface area contributed by atoms with Crippen molar-refractivity contribution in [2.75, 3.05) is 23.0 Å². The standard InChI is InChI=1S/C16H17FN4O4S/c17-11-2-1-3-12-14(11)15(20-19-12)21-7-9(6-13(21)22)16(23)18-10-4-5-26(24,25)8-10/h1-3,9-10H,4-8H2,(H,18,23)(H,19,20)/t9-,10+/m0/s1. The molecule has 4 rings (SSSR count). The predicted octanol–water partition coefficient (Wildman–Crippen LogP) is 0.358. The number of carbonyl (C=O) groups is 2. The maximum Gasteiger partial charge on any atom is 0.229 e. The number of fused-ring (bicyclic) bond motifs is 1. The highest BCUT2D eigenvalue weighted by atomic mass is 32.2. The van der Waals surface area contributed by atoms with Gasteiger partial charge in [-0.2, -0.15) is 5.10 Å². The zero-order chi connectivity index (χ0) is 18.5. The maximum absolute atomic E-state index is 14.1. The molecule has 138 valence electrons. The van der Waals surface area contributed by atoms with Crippen molar-refractivity contribution in [3.63, 3.8) is 0 Å². The van der Waals surface area contributed by atoms with Gasteiger partial charge < -0.3 is 5.32 Å². The fraction of sp³-hybridized carbons (Fsp3) is 0.438. The Morgan fingerprint density at radius 1 is 1.38 bits per heavy atom. The first-order valence-electron chi connectivity index (χ1n) is 8.28. The summed E-state index contributed by atoms with van der Waals surface area (Å²) in [6.45, 7) is 0.0818. The summed E-state index contributed by atoms with van der Waals surface area (Å²) in [5, 5.41) is 9.64. The number of hydrogen-bond acceptors (Lipinski definition) is 5. The summed E-state index contributed by atoms with van der Waals surface area (Å²) in [5.74, 6) is -1.64. The van der Waals surface area contributed by atoms with E-state index in [1.165, 1.54) is 17.0 Å². The van der Waals surface area contributed by atoms with Gasteiger partial charge >= 0.3 is 0 Å². The van der Waals surface area contributed by atoms with Gasteiger partial charge in [0.2, 0.25) is 11.8 Å². The molecule has 2 N–H and O–H groups in total. The molecular weight excluding hydrogens is 363 g/mol. The van der Waals surface area contributed by atoms with E-state index in [4.69, 9.17) is 0 Å². The summed E-state index contributed by atoms with van der Waals surface area (Å²) in [5.41, 5.74) is 0.469. The number of rotatable bonds is 3. The fourth-order valence-corrected chi connectivity index (χ4v) is 5.20. The number of sulfone groups is 1. The number of nitrogens with one attached hydrogen (secondary N) is 2. The van der Waals surface area contributed by atoms with Crippen molar-refractivity contribution in [2.24, 2.45) is 5.92 Å². The van der Waals surface area contributed by atoms with Crippen LogP contribution in [0.2, 0.25) is 0 Å². The zero-order valence-corrected chi connectivity index (χ0v) is 14.6. The van der Waals surface area contributed by atoms with E-state index in [0.717, 1.165) is 0 Å². The number of hydrogen-bond donors (Lipinski definition) is 2. The maximum atomic E-state index is 14.1. The number of halogens is 1. The summed E-state index contributed by atoms with van der Waals surface area (Å²) < 4.78 is 37.1. The molecule has 0 aliphatic carbocycles. The molecule has 1 aromatic carbocycles. The third kappa shape index (κ3) is 2.94. The van der Waals surface area contributed by atoms with E-state index >= 15 is 0 Å². The van der Waals surface area contributed by atoms with Gasteiger partial charge in [-0.15, -0.1) is 0 Å². The van der Waals surface area contributed by atoms with Crippen molar-refractivity contribution in [3.8, 4) is 0 Å². The summed E-state index contributed by atoms with van der Waals surface area (Å²) in [7, 11) is -3.10. The summed E-state index contributed by atoms with van der Waals surface area (Å²) in [6.07, 6.45) is 0.363. The SMILES string of the molecule is O=C(N[C@@H]1CCS(=O)(=O)C1)[C@H]1CC(=O)N(c2n[nH]c3cccc(F)c23)C1. The predicted molar refractivity (Wildman–Crippen MR) is 91.7 cm³/mol. The minimum atomic E-state index is -3.10.